The van der Waals surface area contributed by atoms with Crippen LogP contribution in [-0.2, 0) is 23.1 Å². The lowest BCUT2D eigenvalue weighted by Crippen LogP contribution is -2.36. The first-order valence-corrected chi connectivity index (χ1v) is 5.83. The number of methoxy groups -OCH3 is 1. The summed E-state index contributed by atoms with van der Waals surface area (Å²) in [6, 6.07) is 0. The Kier molecular flexibility index (Phi) is 3.73. The molecule has 0 bridgehead atoms. The highest BCUT2D eigenvalue weighted by molar-refractivity contribution is 5.72. The molecule has 0 saturated carbocycles. The zero-order chi connectivity index (χ0) is 12.3. The predicted molar refractivity (Wildman–Crippen MR) is 61.0 cm³/mol. The minimum absolute atomic E-state index is 0.0655. The first-order chi connectivity index (χ1) is 8.20. The van der Waals surface area contributed by atoms with Crippen LogP contribution in [0.25, 0.3) is 0 Å². The largest absolute Gasteiger partial charge is 0.469 e. The number of likely N-dealkylation sites (tertiary alicyclic amines) is 1. The molecule has 1 aliphatic heterocycles. The summed E-state index contributed by atoms with van der Waals surface area (Å²) < 4.78 is 6.69. The van der Waals surface area contributed by atoms with Crippen molar-refractivity contribution in [2.45, 2.75) is 19.4 Å². The Balaban J connectivity index is 1.83. The summed E-state index contributed by atoms with van der Waals surface area (Å²) in [4.78, 5) is 13.7. The van der Waals surface area contributed by atoms with Gasteiger partial charge >= 0.3 is 5.97 Å². The van der Waals surface area contributed by atoms with Crippen LogP contribution >= 0.6 is 0 Å². The minimum atomic E-state index is -0.0803. The first-order valence-electron chi connectivity index (χ1n) is 5.83. The maximum atomic E-state index is 11.4. The van der Waals surface area contributed by atoms with Gasteiger partial charge in [0.1, 0.15) is 12.2 Å². The molecule has 17 heavy (non-hydrogen) atoms. The van der Waals surface area contributed by atoms with E-state index in [1.165, 1.54) is 7.11 Å². The van der Waals surface area contributed by atoms with Crippen molar-refractivity contribution < 1.29 is 9.53 Å². The second kappa shape index (κ2) is 5.27. The Bertz CT molecular complexity index is 383. The van der Waals surface area contributed by atoms with Crippen molar-refractivity contribution in [3.8, 4) is 0 Å². The van der Waals surface area contributed by atoms with E-state index >= 15 is 0 Å². The number of hydrogen-bond donors (Lipinski definition) is 0. The van der Waals surface area contributed by atoms with Gasteiger partial charge in [-0.3, -0.25) is 9.69 Å². The summed E-state index contributed by atoms with van der Waals surface area (Å²) in [7, 11) is 3.39. The van der Waals surface area contributed by atoms with Crippen molar-refractivity contribution in [2.24, 2.45) is 13.0 Å². The predicted octanol–water partition coefficient (Wildman–Crippen LogP) is 0.200. The Labute approximate surface area is 101 Å². The van der Waals surface area contributed by atoms with Crippen LogP contribution < -0.4 is 0 Å². The number of hydrogen-bond acceptors (Lipinski definition) is 5. The van der Waals surface area contributed by atoms with E-state index in [0.29, 0.717) is 0 Å². The summed E-state index contributed by atoms with van der Waals surface area (Å²) in [6.07, 6.45) is 3.44. The summed E-state index contributed by atoms with van der Waals surface area (Å²) >= 11 is 0. The van der Waals surface area contributed by atoms with Crippen molar-refractivity contribution in [3.05, 3.63) is 12.2 Å². The van der Waals surface area contributed by atoms with Gasteiger partial charge in [-0.05, 0) is 25.9 Å². The summed E-state index contributed by atoms with van der Waals surface area (Å²) in [5, 5.41) is 7.92. The number of esters is 1. The van der Waals surface area contributed by atoms with Crippen LogP contribution in [0.3, 0.4) is 0 Å². The number of rotatable bonds is 3. The molecule has 1 saturated heterocycles. The molecule has 0 aliphatic carbocycles. The van der Waals surface area contributed by atoms with Crippen molar-refractivity contribution in [3.63, 3.8) is 0 Å². The monoisotopic (exact) mass is 238 g/mol. The Morgan fingerprint density at radius 3 is 2.76 bits per heavy atom. The molecule has 0 unspecified atom stereocenters. The molecule has 0 spiro atoms. The molecule has 1 fully saturated rings. The lowest BCUT2D eigenvalue weighted by molar-refractivity contribution is -0.147. The zero-order valence-corrected chi connectivity index (χ0v) is 10.3. The summed E-state index contributed by atoms with van der Waals surface area (Å²) in [6.45, 7) is 2.61. The number of carbonyl (C=O) groups is 1. The normalized spacial score (nSPS) is 18.2. The highest BCUT2D eigenvalue weighted by atomic mass is 16.5. The Morgan fingerprint density at radius 2 is 2.24 bits per heavy atom. The van der Waals surface area contributed by atoms with Crippen molar-refractivity contribution in [1.82, 2.24) is 19.7 Å². The van der Waals surface area contributed by atoms with Gasteiger partial charge in [0.15, 0.2) is 0 Å². The molecule has 1 aliphatic rings. The highest BCUT2D eigenvalue weighted by Crippen LogP contribution is 2.19. The van der Waals surface area contributed by atoms with Crippen LogP contribution in [0, 0.1) is 5.92 Å². The molecule has 0 N–H and O–H groups in total. The smallest absolute Gasteiger partial charge is 0.308 e. The third-order valence-corrected chi connectivity index (χ3v) is 3.29. The minimum Gasteiger partial charge on any atom is -0.469 e. The molecule has 6 nitrogen and oxygen atoms in total. The molecule has 2 heterocycles. The van der Waals surface area contributed by atoms with E-state index in [9.17, 15) is 4.79 Å². The molecular formula is C11H18N4O2. The molecule has 0 aromatic carbocycles. The lowest BCUT2D eigenvalue weighted by atomic mass is 9.97. The number of aryl methyl sites for hydroxylation is 1. The zero-order valence-electron chi connectivity index (χ0n) is 10.3. The Hall–Kier alpha value is -1.43. The summed E-state index contributed by atoms with van der Waals surface area (Å²) in [5.41, 5.74) is 0. The molecule has 94 valence electrons. The number of piperidine rings is 1. The molecule has 2 rings (SSSR count). The van der Waals surface area contributed by atoms with Crippen molar-refractivity contribution >= 4 is 5.97 Å². The molecule has 0 amide bonds. The standard InChI is InChI=1S/C11H18N4O2/c1-14-8-12-13-10(14)7-15-5-3-9(4-6-15)11(16)17-2/h8-9H,3-7H2,1-2H3. The SMILES string of the molecule is COC(=O)C1CCN(Cc2nncn2C)CC1. The van der Waals surface area contributed by atoms with Crippen LogP contribution in [0.15, 0.2) is 6.33 Å². The molecule has 1 aromatic rings. The molecule has 0 radical (unpaired) electrons. The average molecular weight is 238 g/mol. The molecule has 6 heteroatoms. The first kappa shape index (κ1) is 12.0. The third kappa shape index (κ3) is 2.82. The van der Waals surface area contributed by atoms with Crippen LogP contribution in [-0.4, -0.2) is 45.8 Å². The van der Waals surface area contributed by atoms with Crippen molar-refractivity contribution in [1.29, 1.82) is 0 Å². The van der Waals surface area contributed by atoms with E-state index in [2.05, 4.69) is 15.1 Å². The lowest BCUT2D eigenvalue weighted by Gasteiger charge is -2.29. The van der Waals surface area contributed by atoms with Gasteiger partial charge in [0.2, 0.25) is 0 Å². The number of nitrogens with zero attached hydrogens (tertiary/aromatic N) is 4. The summed E-state index contributed by atoms with van der Waals surface area (Å²) in [5.74, 6) is 0.945. The Morgan fingerprint density at radius 1 is 1.53 bits per heavy atom. The van der Waals surface area contributed by atoms with E-state index in [1.807, 2.05) is 11.6 Å². The highest BCUT2D eigenvalue weighted by Gasteiger charge is 2.25. The van der Waals surface area contributed by atoms with E-state index < -0.39 is 0 Å². The van der Waals surface area contributed by atoms with Gasteiger partial charge in [-0.2, -0.15) is 0 Å². The maximum absolute atomic E-state index is 11.4. The topological polar surface area (TPSA) is 60.2 Å². The number of ether oxygens (including phenoxy) is 1. The fraction of sp³-hybridized carbons (Fsp3) is 0.727. The maximum Gasteiger partial charge on any atom is 0.308 e. The van der Waals surface area contributed by atoms with Gasteiger partial charge in [-0.15, -0.1) is 10.2 Å². The second-order valence-electron chi connectivity index (χ2n) is 4.43. The van der Waals surface area contributed by atoms with Crippen LogP contribution in [0.2, 0.25) is 0 Å². The number of carbonyl (C=O) groups excluding carboxylic acids is 1. The molecule has 1 aromatic heterocycles. The third-order valence-electron chi connectivity index (χ3n) is 3.29. The second-order valence-corrected chi connectivity index (χ2v) is 4.43. The van der Waals surface area contributed by atoms with Gasteiger partial charge in [-0.25, -0.2) is 0 Å². The number of aromatic nitrogens is 3. The van der Waals surface area contributed by atoms with E-state index in [-0.39, 0.29) is 11.9 Å². The molecule has 0 atom stereocenters. The van der Waals surface area contributed by atoms with Crippen LogP contribution in [0.5, 0.6) is 0 Å². The van der Waals surface area contributed by atoms with E-state index in [4.69, 9.17) is 4.74 Å². The fourth-order valence-corrected chi connectivity index (χ4v) is 2.14. The van der Waals surface area contributed by atoms with Gasteiger partial charge in [0, 0.05) is 7.05 Å². The van der Waals surface area contributed by atoms with Crippen LogP contribution in [0.4, 0.5) is 0 Å². The van der Waals surface area contributed by atoms with Gasteiger partial charge in [0.05, 0.1) is 19.6 Å². The average Bonchev–Trinajstić information content (AvgIpc) is 2.75. The van der Waals surface area contributed by atoms with Gasteiger partial charge in [-0.1, -0.05) is 0 Å². The van der Waals surface area contributed by atoms with E-state index in [1.54, 1.807) is 6.33 Å². The van der Waals surface area contributed by atoms with Crippen molar-refractivity contribution in [2.75, 3.05) is 20.2 Å². The molecular weight excluding hydrogens is 220 g/mol. The van der Waals surface area contributed by atoms with Gasteiger partial charge in [0.25, 0.3) is 0 Å². The fourth-order valence-electron chi connectivity index (χ4n) is 2.14. The quantitative estimate of drug-likeness (QED) is 0.704. The van der Waals surface area contributed by atoms with Gasteiger partial charge < -0.3 is 9.30 Å². The van der Waals surface area contributed by atoms with Crippen LogP contribution in [0.1, 0.15) is 18.7 Å². The van der Waals surface area contributed by atoms with E-state index in [0.717, 1.165) is 38.3 Å².